The molecule has 0 spiro atoms. The highest BCUT2D eigenvalue weighted by Gasteiger charge is 2.46. The Bertz CT molecular complexity index is 2350. The number of aromatic nitrogens is 2. The quantitative estimate of drug-likeness (QED) is 0.0918. The van der Waals surface area contributed by atoms with Gasteiger partial charge < -0.3 is 21.3 Å². The molecule has 3 saturated carbocycles. The van der Waals surface area contributed by atoms with Crippen LogP contribution >= 0.6 is 11.9 Å². The van der Waals surface area contributed by atoms with E-state index in [9.17, 15) is 34.5 Å². The summed E-state index contributed by atoms with van der Waals surface area (Å²) in [5.41, 5.74) is 1.29. The second-order valence-corrected chi connectivity index (χ2v) is 18.8. The Hall–Kier alpha value is -5.60. The van der Waals surface area contributed by atoms with Crippen molar-refractivity contribution in [3.05, 3.63) is 72.1 Å². The molecule has 316 valence electrons. The van der Waals surface area contributed by atoms with Crippen LogP contribution in [-0.4, -0.2) is 67.0 Å². The van der Waals surface area contributed by atoms with Crippen molar-refractivity contribution in [2.45, 2.75) is 116 Å². The summed E-state index contributed by atoms with van der Waals surface area (Å²) in [6, 6.07) is 17.6. The van der Waals surface area contributed by atoms with E-state index in [1.54, 1.807) is 47.0 Å². The Morgan fingerprint density at radius 3 is 1.58 bits per heavy atom. The third kappa shape index (κ3) is 11.0. The molecule has 4 amide bonds. The van der Waals surface area contributed by atoms with Gasteiger partial charge in [0.2, 0.25) is 17.7 Å². The topological polar surface area (TPSA) is 191 Å². The largest absolute Gasteiger partial charge is 0.340 e. The number of hydrogen-bond acceptors (Lipinski definition) is 8. The number of carbonyl (C=O) groups is 5. The van der Waals surface area contributed by atoms with Crippen LogP contribution in [0.4, 0.5) is 0 Å². The van der Waals surface area contributed by atoms with E-state index in [1.807, 2.05) is 58.2 Å². The number of fused-ring (bicyclic) bond motifs is 2. The number of benzene rings is 2. The van der Waals surface area contributed by atoms with Crippen LogP contribution in [0.3, 0.4) is 0 Å². The number of nitrogens with one attached hydrogen (secondary N) is 4. The summed E-state index contributed by atoms with van der Waals surface area (Å²) in [7, 11) is 0. The first-order chi connectivity index (χ1) is 28.5. The van der Waals surface area contributed by atoms with Crippen molar-refractivity contribution in [3.63, 3.8) is 0 Å². The lowest BCUT2D eigenvalue weighted by atomic mass is 10.0. The van der Waals surface area contributed by atoms with E-state index < -0.39 is 23.2 Å². The first-order valence-electron chi connectivity index (χ1n) is 21.0. The highest BCUT2D eigenvalue weighted by molar-refractivity contribution is 7.98. The zero-order valence-corrected chi connectivity index (χ0v) is 36.2. The van der Waals surface area contributed by atoms with E-state index in [2.05, 4.69) is 51.2 Å². The highest BCUT2D eigenvalue weighted by Crippen LogP contribution is 2.36. The van der Waals surface area contributed by atoms with Crippen molar-refractivity contribution in [2.24, 2.45) is 23.7 Å². The molecule has 0 radical (unpaired) electrons. The summed E-state index contributed by atoms with van der Waals surface area (Å²) < 4.78 is 3.78. The van der Waals surface area contributed by atoms with E-state index in [0.717, 1.165) is 40.4 Å². The molecule has 2 unspecified atom stereocenters. The summed E-state index contributed by atoms with van der Waals surface area (Å²) >= 11 is 1.75. The smallest absolute Gasteiger partial charge is 0.251 e. The Labute approximate surface area is 356 Å². The fourth-order valence-electron chi connectivity index (χ4n) is 6.92. The Morgan fingerprint density at radius 2 is 1.15 bits per heavy atom. The first kappa shape index (κ1) is 44.0. The van der Waals surface area contributed by atoms with Crippen LogP contribution < -0.4 is 21.3 Å². The van der Waals surface area contributed by atoms with Gasteiger partial charge in [0.15, 0.2) is 0 Å². The lowest BCUT2D eigenvalue weighted by molar-refractivity contribution is -0.124. The van der Waals surface area contributed by atoms with Crippen LogP contribution in [-0.2, 0) is 9.59 Å². The standard InChI is InChI=1S/C23H26N4O3.C23H30N4O2S/c1-14(2)11-18(21(29)26-23(13-24)8-9-23)25-20(28)17-5-6-19-16(12-17)7-10-27(19)22(30)15-3-4-15;1-15(2)11-19(22(29)26-23(14-24)8-9-23)25-21(28)18-5-6-20-17(12-18)7-10-27(20)30-13-16(3)4/h5-7,10,12,14-15,18H,3-4,8-9,11H2,1-2H3,(H,25,28)(H,26,29);5-7,10,12,15-16,19H,8-9,11,13H2,1-4H3,(H,25,28)(H,26,29). The molecule has 0 bridgehead atoms. The number of nitriles is 2. The van der Waals surface area contributed by atoms with Gasteiger partial charge in [-0.15, -0.1) is 0 Å². The van der Waals surface area contributed by atoms with E-state index in [4.69, 9.17) is 0 Å². The van der Waals surface area contributed by atoms with Crippen LogP contribution in [0, 0.1) is 46.3 Å². The summed E-state index contributed by atoms with van der Waals surface area (Å²) in [6.45, 7) is 12.4. The minimum Gasteiger partial charge on any atom is -0.340 e. The SMILES string of the molecule is CC(C)CC(NC(=O)c1ccc2c(ccn2C(=O)C2CC2)c1)C(=O)NC1(C#N)CC1.CC(C)CSn1ccc2cc(C(=O)NC(CC(C)C)C(=O)NC3(C#N)CC3)ccc21. The minimum atomic E-state index is -0.771. The maximum absolute atomic E-state index is 12.9. The molecule has 3 aliphatic carbocycles. The van der Waals surface area contributed by atoms with Crippen molar-refractivity contribution in [2.75, 3.05) is 5.75 Å². The second kappa shape index (κ2) is 18.3. The number of carbonyl (C=O) groups excluding carboxylic acids is 5. The molecule has 3 aliphatic rings. The number of rotatable bonds is 16. The molecular formula is C46H56N8O5S. The van der Waals surface area contributed by atoms with E-state index in [-0.39, 0.29) is 47.3 Å². The van der Waals surface area contributed by atoms with Crippen molar-refractivity contribution in [1.82, 2.24) is 29.8 Å². The van der Waals surface area contributed by atoms with Crippen molar-refractivity contribution >= 4 is 63.3 Å². The van der Waals surface area contributed by atoms with Crippen LogP contribution in [0.1, 0.15) is 118 Å². The van der Waals surface area contributed by atoms with Gasteiger partial charge in [0.25, 0.3) is 11.8 Å². The monoisotopic (exact) mass is 832 g/mol. The maximum Gasteiger partial charge on any atom is 0.251 e. The van der Waals surface area contributed by atoms with Crippen LogP contribution in [0.15, 0.2) is 60.9 Å². The molecule has 2 aromatic heterocycles. The predicted octanol–water partition coefficient (Wildman–Crippen LogP) is 7.12. The van der Waals surface area contributed by atoms with Gasteiger partial charge in [-0.05, 0) is 130 Å². The fraction of sp³-hybridized carbons (Fsp3) is 0.500. The van der Waals surface area contributed by atoms with Crippen LogP contribution in [0.5, 0.6) is 0 Å². The third-order valence-corrected chi connectivity index (χ3v) is 12.3. The summed E-state index contributed by atoms with van der Waals surface area (Å²) in [5.74, 6) is 1.02. The first-order valence-corrected chi connectivity index (χ1v) is 22.0. The zero-order chi connectivity index (χ0) is 43.4. The van der Waals surface area contributed by atoms with Crippen molar-refractivity contribution in [3.8, 4) is 12.1 Å². The van der Waals surface area contributed by atoms with Gasteiger partial charge in [-0.3, -0.25) is 32.5 Å². The van der Waals surface area contributed by atoms with Crippen molar-refractivity contribution < 1.29 is 24.0 Å². The zero-order valence-electron chi connectivity index (χ0n) is 35.3. The molecule has 0 aliphatic heterocycles. The second-order valence-electron chi connectivity index (χ2n) is 17.9. The van der Waals surface area contributed by atoms with Gasteiger partial charge >= 0.3 is 0 Å². The van der Waals surface area contributed by atoms with E-state index in [1.165, 1.54) is 0 Å². The molecule has 3 fully saturated rings. The van der Waals surface area contributed by atoms with E-state index in [0.29, 0.717) is 55.6 Å². The lowest BCUT2D eigenvalue weighted by Crippen LogP contribution is -2.50. The predicted molar refractivity (Wildman–Crippen MR) is 233 cm³/mol. The molecular weight excluding hydrogens is 777 g/mol. The summed E-state index contributed by atoms with van der Waals surface area (Å²) in [5, 5.41) is 31.6. The number of nitrogens with zero attached hydrogens (tertiary/aromatic N) is 4. The van der Waals surface area contributed by atoms with Crippen LogP contribution in [0.25, 0.3) is 21.8 Å². The third-order valence-electron chi connectivity index (χ3n) is 10.9. The molecule has 4 aromatic rings. The molecule has 4 N–H and O–H groups in total. The summed E-state index contributed by atoms with van der Waals surface area (Å²) in [6.07, 6.45) is 9.26. The Kier molecular flexibility index (Phi) is 13.4. The van der Waals surface area contributed by atoms with Gasteiger partial charge in [-0.25, -0.2) is 0 Å². The molecule has 7 rings (SSSR count). The molecule has 0 saturated heterocycles. The normalized spacial score (nSPS) is 16.9. The Balaban J connectivity index is 0.000000201. The van der Waals surface area contributed by atoms with Gasteiger partial charge in [0, 0.05) is 46.0 Å². The average Bonchev–Trinajstić information content (AvgIpc) is 4.17. The molecule has 2 atom stereocenters. The Morgan fingerprint density at radius 1 is 0.683 bits per heavy atom. The lowest BCUT2D eigenvalue weighted by Gasteiger charge is -2.21. The highest BCUT2D eigenvalue weighted by atomic mass is 32.2. The minimum absolute atomic E-state index is 0.0994. The van der Waals surface area contributed by atoms with Gasteiger partial charge in [-0.2, -0.15) is 10.5 Å². The van der Waals surface area contributed by atoms with Crippen LogP contribution in [0.2, 0.25) is 0 Å². The fourth-order valence-corrected chi connectivity index (χ4v) is 7.83. The molecule has 2 heterocycles. The summed E-state index contributed by atoms with van der Waals surface area (Å²) in [4.78, 5) is 63.6. The molecule has 13 nitrogen and oxygen atoms in total. The molecule has 14 heteroatoms. The van der Waals surface area contributed by atoms with Gasteiger partial charge in [0.05, 0.1) is 23.2 Å². The average molecular weight is 833 g/mol. The van der Waals surface area contributed by atoms with Crippen molar-refractivity contribution in [1.29, 1.82) is 10.5 Å². The molecule has 2 aromatic carbocycles. The van der Waals surface area contributed by atoms with Gasteiger partial charge in [0.1, 0.15) is 23.2 Å². The maximum atomic E-state index is 12.9. The number of amides is 4. The molecule has 60 heavy (non-hydrogen) atoms. The van der Waals surface area contributed by atoms with E-state index >= 15 is 0 Å². The van der Waals surface area contributed by atoms with Gasteiger partial charge in [-0.1, -0.05) is 41.5 Å². The number of hydrogen-bond donors (Lipinski definition) is 4.